The number of halogens is 1. The van der Waals surface area contributed by atoms with E-state index in [2.05, 4.69) is 4.98 Å². The van der Waals surface area contributed by atoms with Crippen LogP contribution in [0.4, 0.5) is 4.39 Å². The zero-order valence-electron chi connectivity index (χ0n) is 9.18. The molecular formula is C13H10FNO2. The van der Waals surface area contributed by atoms with E-state index in [0.717, 1.165) is 6.20 Å². The number of para-hydroxylation sites is 1. The Hall–Kier alpha value is -2.23. The van der Waals surface area contributed by atoms with Crippen molar-refractivity contribution in [2.24, 2.45) is 0 Å². The number of pyridine rings is 1. The van der Waals surface area contributed by atoms with E-state index in [-0.39, 0.29) is 11.5 Å². The third kappa shape index (κ3) is 2.30. The van der Waals surface area contributed by atoms with Crippen LogP contribution in [0.3, 0.4) is 0 Å². The zero-order valence-corrected chi connectivity index (χ0v) is 9.18. The lowest BCUT2D eigenvalue weighted by Crippen LogP contribution is -2.06. The molecule has 0 unspecified atom stereocenters. The average Bonchev–Trinajstić information content (AvgIpc) is 2.39. The van der Waals surface area contributed by atoms with Crippen molar-refractivity contribution in [2.45, 2.75) is 0 Å². The van der Waals surface area contributed by atoms with Gasteiger partial charge in [-0.2, -0.15) is 0 Å². The van der Waals surface area contributed by atoms with E-state index in [9.17, 15) is 9.18 Å². The number of hydrogen-bond acceptors (Lipinski definition) is 3. The number of aromatic nitrogens is 1. The smallest absolute Gasteiger partial charge is 0.215 e. The summed E-state index contributed by atoms with van der Waals surface area (Å²) in [6.07, 6.45) is 1.02. The quantitative estimate of drug-likeness (QED) is 0.762. The van der Waals surface area contributed by atoms with E-state index in [1.807, 2.05) is 0 Å². The molecule has 1 aromatic heterocycles. The highest BCUT2D eigenvalue weighted by molar-refractivity contribution is 6.09. The van der Waals surface area contributed by atoms with Crippen molar-refractivity contribution in [2.75, 3.05) is 7.11 Å². The first-order chi connectivity index (χ1) is 8.22. The van der Waals surface area contributed by atoms with Crippen LogP contribution in [0.5, 0.6) is 5.75 Å². The predicted molar refractivity (Wildman–Crippen MR) is 60.6 cm³/mol. The van der Waals surface area contributed by atoms with Gasteiger partial charge < -0.3 is 4.74 Å². The van der Waals surface area contributed by atoms with Gasteiger partial charge in [-0.25, -0.2) is 9.37 Å². The minimum atomic E-state index is -0.471. The van der Waals surface area contributed by atoms with Crippen LogP contribution in [-0.4, -0.2) is 17.9 Å². The Morgan fingerprint density at radius 3 is 2.65 bits per heavy atom. The molecule has 0 saturated heterocycles. The summed E-state index contributed by atoms with van der Waals surface area (Å²) in [6, 6.07) is 9.40. The normalized spacial score (nSPS) is 10.0. The molecule has 0 saturated carbocycles. The maximum Gasteiger partial charge on any atom is 0.215 e. The maximum absolute atomic E-state index is 12.7. The molecule has 1 heterocycles. The summed E-state index contributed by atoms with van der Waals surface area (Å²) in [5.41, 5.74) is 0.602. The van der Waals surface area contributed by atoms with Crippen molar-refractivity contribution in [3.8, 4) is 5.75 Å². The highest BCUT2D eigenvalue weighted by Crippen LogP contribution is 2.20. The third-order valence-corrected chi connectivity index (χ3v) is 2.31. The Morgan fingerprint density at radius 1 is 1.24 bits per heavy atom. The summed E-state index contributed by atoms with van der Waals surface area (Å²) in [5, 5.41) is 0. The second kappa shape index (κ2) is 4.74. The Bertz CT molecular complexity index is 537. The molecule has 0 amide bonds. The van der Waals surface area contributed by atoms with Crippen molar-refractivity contribution in [1.82, 2.24) is 4.98 Å². The summed E-state index contributed by atoms with van der Waals surface area (Å²) in [5.74, 6) is -0.285. The van der Waals surface area contributed by atoms with Crippen molar-refractivity contribution in [3.05, 3.63) is 59.7 Å². The topological polar surface area (TPSA) is 39.2 Å². The van der Waals surface area contributed by atoms with Crippen LogP contribution in [-0.2, 0) is 0 Å². The third-order valence-electron chi connectivity index (χ3n) is 2.31. The molecule has 0 fully saturated rings. The van der Waals surface area contributed by atoms with Crippen LogP contribution in [0.15, 0.2) is 42.6 Å². The fourth-order valence-corrected chi connectivity index (χ4v) is 1.48. The predicted octanol–water partition coefficient (Wildman–Crippen LogP) is 2.46. The van der Waals surface area contributed by atoms with Gasteiger partial charge in [0.25, 0.3) is 0 Å². The van der Waals surface area contributed by atoms with Gasteiger partial charge in [-0.15, -0.1) is 0 Å². The van der Waals surface area contributed by atoms with Gasteiger partial charge in [0.1, 0.15) is 17.3 Å². The molecule has 86 valence electrons. The number of hydrogen-bond donors (Lipinski definition) is 0. The minimum absolute atomic E-state index is 0.191. The van der Waals surface area contributed by atoms with Gasteiger partial charge in [-0.3, -0.25) is 4.79 Å². The lowest BCUT2D eigenvalue weighted by molar-refractivity contribution is 0.103. The molecule has 0 N–H and O–H groups in total. The summed E-state index contributed by atoms with van der Waals surface area (Å²) in [6.45, 7) is 0. The van der Waals surface area contributed by atoms with E-state index in [1.54, 1.807) is 24.3 Å². The monoisotopic (exact) mass is 231 g/mol. The van der Waals surface area contributed by atoms with E-state index in [1.165, 1.54) is 19.2 Å². The number of ether oxygens (including phenoxy) is 1. The molecular weight excluding hydrogens is 221 g/mol. The molecule has 0 bridgehead atoms. The number of benzene rings is 1. The second-order valence-electron chi connectivity index (χ2n) is 3.39. The molecule has 1 aromatic carbocycles. The number of carbonyl (C=O) groups is 1. The number of nitrogens with zero attached hydrogens (tertiary/aromatic N) is 1. The van der Waals surface area contributed by atoms with Crippen molar-refractivity contribution < 1.29 is 13.9 Å². The largest absolute Gasteiger partial charge is 0.496 e. The Balaban J connectivity index is 2.40. The van der Waals surface area contributed by atoms with Crippen LogP contribution >= 0.6 is 0 Å². The van der Waals surface area contributed by atoms with Crippen LogP contribution in [0.1, 0.15) is 16.1 Å². The fraction of sp³-hybridized carbons (Fsp3) is 0.0769. The Labute approximate surface area is 97.9 Å². The van der Waals surface area contributed by atoms with Gasteiger partial charge in [0, 0.05) is 0 Å². The number of ketones is 1. The van der Waals surface area contributed by atoms with E-state index in [4.69, 9.17) is 4.74 Å². The molecule has 0 aliphatic rings. The van der Waals surface area contributed by atoms with E-state index >= 15 is 0 Å². The Kier molecular flexibility index (Phi) is 3.14. The van der Waals surface area contributed by atoms with Crippen molar-refractivity contribution >= 4 is 5.78 Å². The van der Waals surface area contributed by atoms with E-state index in [0.29, 0.717) is 11.3 Å². The molecule has 3 nitrogen and oxygen atoms in total. The molecule has 17 heavy (non-hydrogen) atoms. The van der Waals surface area contributed by atoms with Crippen LogP contribution in [0, 0.1) is 5.82 Å². The van der Waals surface area contributed by atoms with Gasteiger partial charge in [0.15, 0.2) is 0 Å². The minimum Gasteiger partial charge on any atom is -0.496 e. The van der Waals surface area contributed by atoms with E-state index < -0.39 is 5.82 Å². The second-order valence-corrected chi connectivity index (χ2v) is 3.39. The number of methoxy groups -OCH3 is 1. The average molecular weight is 231 g/mol. The summed E-state index contributed by atoms with van der Waals surface area (Å²) in [4.78, 5) is 15.8. The van der Waals surface area contributed by atoms with Gasteiger partial charge in [-0.1, -0.05) is 12.1 Å². The molecule has 2 aromatic rings. The highest BCUT2D eigenvalue weighted by Gasteiger charge is 2.14. The highest BCUT2D eigenvalue weighted by atomic mass is 19.1. The molecule has 0 radical (unpaired) electrons. The van der Waals surface area contributed by atoms with Gasteiger partial charge in [-0.05, 0) is 24.3 Å². The summed E-state index contributed by atoms with van der Waals surface area (Å²) in [7, 11) is 1.49. The lowest BCUT2D eigenvalue weighted by Gasteiger charge is -2.06. The van der Waals surface area contributed by atoms with Gasteiger partial charge in [0.2, 0.25) is 5.78 Å². The summed E-state index contributed by atoms with van der Waals surface area (Å²) >= 11 is 0. The molecule has 0 spiro atoms. The molecule has 4 heteroatoms. The van der Waals surface area contributed by atoms with Gasteiger partial charge >= 0.3 is 0 Å². The SMILES string of the molecule is COc1ccccc1C(=O)c1ccc(F)cn1. The van der Waals surface area contributed by atoms with Crippen LogP contribution < -0.4 is 4.74 Å². The number of carbonyl (C=O) groups excluding carboxylic acids is 1. The fourth-order valence-electron chi connectivity index (χ4n) is 1.48. The van der Waals surface area contributed by atoms with Crippen molar-refractivity contribution in [3.63, 3.8) is 0 Å². The molecule has 2 rings (SSSR count). The first-order valence-corrected chi connectivity index (χ1v) is 5.01. The molecule has 0 aliphatic carbocycles. The number of rotatable bonds is 3. The van der Waals surface area contributed by atoms with Crippen molar-refractivity contribution in [1.29, 1.82) is 0 Å². The maximum atomic E-state index is 12.7. The van der Waals surface area contributed by atoms with Gasteiger partial charge in [0.05, 0.1) is 18.9 Å². The summed E-state index contributed by atoms with van der Waals surface area (Å²) < 4.78 is 17.8. The van der Waals surface area contributed by atoms with Crippen LogP contribution in [0.2, 0.25) is 0 Å². The Morgan fingerprint density at radius 2 is 2.00 bits per heavy atom. The molecule has 0 aliphatic heterocycles. The zero-order chi connectivity index (χ0) is 12.3. The van der Waals surface area contributed by atoms with Crippen LogP contribution in [0.25, 0.3) is 0 Å². The molecule has 0 atom stereocenters. The standard InChI is InChI=1S/C13H10FNO2/c1-17-12-5-3-2-4-10(12)13(16)11-7-6-9(14)8-15-11/h2-8H,1H3. The first-order valence-electron chi connectivity index (χ1n) is 5.01. The lowest BCUT2D eigenvalue weighted by atomic mass is 10.1. The first kappa shape index (κ1) is 11.3.